The molecule has 0 aliphatic heterocycles. The second-order valence-corrected chi connectivity index (χ2v) is 5.98. The van der Waals surface area contributed by atoms with E-state index in [1.165, 1.54) is 11.1 Å². The number of rotatable bonds is 3. The molecule has 2 unspecified atom stereocenters. The lowest BCUT2D eigenvalue weighted by Crippen LogP contribution is -2.31. The SMILES string of the molecule is NNC(c1sccc1Cl)C1CCc2ccccc21. The van der Waals surface area contributed by atoms with Crippen LogP contribution in [0.3, 0.4) is 0 Å². The number of hydrogen-bond acceptors (Lipinski definition) is 3. The Hall–Kier alpha value is -0.870. The Morgan fingerprint density at radius 3 is 2.89 bits per heavy atom. The summed E-state index contributed by atoms with van der Waals surface area (Å²) in [4.78, 5) is 1.14. The first-order valence-corrected chi connectivity index (χ1v) is 7.34. The molecule has 94 valence electrons. The predicted octanol–water partition coefficient (Wildman–Crippen LogP) is 3.64. The van der Waals surface area contributed by atoms with Crippen LogP contribution in [0.25, 0.3) is 0 Å². The number of thiophene rings is 1. The molecule has 0 amide bonds. The average Bonchev–Trinajstić information content (AvgIpc) is 2.99. The Labute approximate surface area is 116 Å². The van der Waals surface area contributed by atoms with Crippen LogP contribution in [0.15, 0.2) is 35.7 Å². The van der Waals surface area contributed by atoms with E-state index in [-0.39, 0.29) is 6.04 Å². The van der Waals surface area contributed by atoms with Gasteiger partial charge in [0.05, 0.1) is 11.1 Å². The highest BCUT2D eigenvalue weighted by molar-refractivity contribution is 7.10. The number of fused-ring (bicyclic) bond motifs is 1. The van der Waals surface area contributed by atoms with Gasteiger partial charge in [0.25, 0.3) is 0 Å². The first-order chi connectivity index (χ1) is 8.81. The molecule has 1 aromatic heterocycles. The smallest absolute Gasteiger partial charge is 0.0636 e. The largest absolute Gasteiger partial charge is 0.271 e. The fourth-order valence-corrected chi connectivity index (χ4v) is 4.14. The molecule has 0 radical (unpaired) electrons. The van der Waals surface area contributed by atoms with Gasteiger partial charge in [-0.1, -0.05) is 35.9 Å². The Balaban J connectivity index is 1.98. The van der Waals surface area contributed by atoms with Crippen LogP contribution in [0, 0.1) is 0 Å². The summed E-state index contributed by atoms with van der Waals surface area (Å²) in [6.07, 6.45) is 2.25. The van der Waals surface area contributed by atoms with Gasteiger partial charge in [0.1, 0.15) is 0 Å². The van der Waals surface area contributed by atoms with Gasteiger partial charge in [-0.25, -0.2) is 0 Å². The fraction of sp³-hybridized carbons (Fsp3) is 0.286. The molecule has 0 saturated heterocycles. The molecule has 1 aliphatic carbocycles. The molecule has 2 aromatic rings. The fourth-order valence-electron chi connectivity index (χ4n) is 2.84. The normalized spacial score (nSPS) is 19.8. The quantitative estimate of drug-likeness (QED) is 0.665. The minimum Gasteiger partial charge on any atom is -0.271 e. The highest BCUT2D eigenvalue weighted by atomic mass is 35.5. The van der Waals surface area contributed by atoms with E-state index in [4.69, 9.17) is 17.4 Å². The number of halogens is 1. The summed E-state index contributed by atoms with van der Waals surface area (Å²) < 4.78 is 0. The molecule has 3 N–H and O–H groups in total. The van der Waals surface area contributed by atoms with Crippen molar-refractivity contribution in [1.82, 2.24) is 5.43 Å². The molecular formula is C14H15ClN2S. The molecular weight excluding hydrogens is 264 g/mol. The molecule has 1 heterocycles. The number of nitrogens with one attached hydrogen (secondary N) is 1. The van der Waals surface area contributed by atoms with Crippen LogP contribution >= 0.6 is 22.9 Å². The zero-order valence-corrected chi connectivity index (χ0v) is 11.5. The summed E-state index contributed by atoms with van der Waals surface area (Å²) >= 11 is 7.90. The molecule has 2 atom stereocenters. The van der Waals surface area contributed by atoms with Gasteiger partial charge in [-0.15, -0.1) is 11.3 Å². The molecule has 0 saturated carbocycles. The summed E-state index contributed by atoms with van der Waals surface area (Å²) in [5.74, 6) is 6.19. The number of aryl methyl sites for hydroxylation is 1. The van der Waals surface area contributed by atoms with Crippen molar-refractivity contribution in [3.8, 4) is 0 Å². The molecule has 18 heavy (non-hydrogen) atoms. The van der Waals surface area contributed by atoms with Crippen molar-refractivity contribution in [3.05, 3.63) is 56.7 Å². The van der Waals surface area contributed by atoms with E-state index in [9.17, 15) is 0 Å². The van der Waals surface area contributed by atoms with E-state index >= 15 is 0 Å². The van der Waals surface area contributed by atoms with Gasteiger partial charge in [0, 0.05) is 10.8 Å². The van der Waals surface area contributed by atoms with Gasteiger partial charge in [-0.05, 0) is 35.4 Å². The molecule has 4 heteroatoms. The van der Waals surface area contributed by atoms with Gasteiger partial charge >= 0.3 is 0 Å². The predicted molar refractivity (Wildman–Crippen MR) is 76.9 cm³/mol. The van der Waals surface area contributed by atoms with Crippen molar-refractivity contribution in [1.29, 1.82) is 0 Å². The van der Waals surface area contributed by atoms with Crippen LogP contribution in [-0.2, 0) is 6.42 Å². The Bertz CT molecular complexity index is 552. The molecule has 0 fully saturated rings. The molecule has 1 aromatic carbocycles. The highest BCUT2D eigenvalue weighted by Gasteiger charge is 2.31. The second kappa shape index (κ2) is 5.02. The van der Waals surface area contributed by atoms with Crippen LogP contribution in [0.2, 0.25) is 5.02 Å². The van der Waals surface area contributed by atoms with E-state index in [0.29, 0.717) is 5.92 Å². The van der Waals surface area contributed by atoms with Crippen LogP contribution < -0.4 is 11.3 Å². The van der Waals surface area contributed by atoms with Crippen molar-refractivity contribution in [2.24, 2.45) is 5.84 Å². The van der Waals surface area contributed by atoms with Gasteiger partial charge < -0.3 is 0 Å². The first kappa shape index (κ1) is 12.2. The minimum atomic E-state index is 0.112. The molecule has 0 spiro atoms. The first-order valence-electron chi connectivity index (χ1n) is 6.08. The molecule has 0 bridgehead atoms. The van der Waals surface area contributed by atoms with Crippen molar-refractivity contribution >= 4 is 22.9 Å². The van der Waals surface area contributed by atoms with Crippen LogP contribution in [0.5, 0.6) is 0 Å². The van der Waals surface area contributed by atoms with Gasteiger partial charge in [-0.3, -0.25) is 11.3 Å². The van der Waals surface area contributed by atoms with Crippen molar-refractivity contribution < 1.29 is 0 Å². The third kappa shape index (κ3) is 1.97. The Kier molecular flexibility index (Phi) is 3.39. The van der Waals surface area contributed by atoms with Gasteiger partial charge in [0.15, 0.2) is 0 Å². The number of hydrogen-bond donors (Lipinski definition) is 2. The Morgan fingerprint density at radius 2 is 2.17 bits per heavy atom. The summed E-state index contributed by atoms with van der Waals surface area (Å²) in [5, 5.41) is 2.83. The molecule has 1 aliphatic rings. The van der Waals surface area contributed by atoms with Gasteiger partial charge in [-0.2, -0.15) is 0 Å². The van der Waals surface area contributed by atoms with E-state index in [1.807, 2.05) is 11.4 Å². The van der Waals surface area contributed by atoms with Crippen molar-refractivity contribution in [2.75, 3.05) is 0 Å². The lowest BCUT2D eigenvalue weighted by molar-refractivity contribution is 0.459. The van der Waals surface area contributed by atoms with E-state index in [1.54, 1.807) is 11.3 Å². The minimum absolute atomic E-state index is 0.112. The number of hydrazine groups is 1. The maximum atomic E-state index is 6.23. The van der Waals surface area contributed by atoms with E-state index in [2.05, 4.69) is 29.7 Å². The highest BCUT2D eigenvalue weighted by Crippen LogP contribution is 2.44. The summed E-state index contributed by atoms with van der Waals surface area (Å²) in [5.41, 5.74) is 5.80. The average molecular weight is 279 g/mol. The molecule has 2 nitrogen and oxygen atoms in total. The zero-order valence-electron chi connectivity index (χ0n) is 9.90. The zero-order chi connectivity index (χ0) is 12.5. The summed E-state index contributed by atoms with van der Waals surface area (Å²) in [6.45, 7) is 0. The third-order valence-electron chi connectivity index (χ3n) is 3.69. The topological polar surface area (TPSA) is 38.0 Å². The number of benzene rings is 1. The monoisotopic (exact) mass is 278 g/mol. The van der Waals surface area contributed by atoms with E-state index in [0.717, 1.165) is 22.7 Å². The lowest BCUT2D eigenvalue weighted by Gasteiger charge is -2.23. The third-order valence-corrected chi connectivity index (χ3v) is 5.13. The standard InChI is InChI=1S/C14H15ClN2S/c15-12-7-8-18-14(12)13(17-16)11-6-5-9-3-1-2-4-10(9)11/h1-4,7-8,11,13,17H,5-6,16H2. The van der Waals surface area contributed by atoms with Crippen molar-refractivity contribution in [3.63, 3.8) is 0 Å². The van der Waals surface area contributed by atoms with E-state index < -0.39 is 0 Å². The maximum Gasteiger partial charge on any atom is 0.0636 e. The Morgan fingerprint density at radius 1 is 1.33 bits per heavy atom. The van der Waals surface area contributed by atoms with Crippen LogP contribution in [0.4, 0.5) is 0 Å². The lowest BCUT2D eigenvalue weighted by atomic mass is 9.92. The van der Waals surface area contributed by atoms with Gasteiger partial charge in [0.2, 0.25) is 0 Å². The van der Waals surface area contributed by atoms with Crippen molar-refractivity contribution in [2.45, 2.75) is 24.8 Å². The maximum absolute atomic E-state index is 6.23. The summed E-state index contributed by atoms with van der Waals surface area (Å²) in [7, 11) is 0. The number of nitrogens with two attached hydrogens (primary N) is 1. The van der Waals surface area contributed by atoms with Crippen LogP contribution in [-0.4, -0.2) is 0 Å². The van der Waals surface area contributed by atoms with Crippen LogP contribution in [0.1, 0.15) is 34.4 Å². The summed E-state index contributed by atoms with van der Waals surface area (Å²) in [6, 6.07) is 10.7. The molecule has 3 rings (SSSR count). The second-order valence-electron chi connectivity index (χ2n) is 4.62.